The highest BCUT2D eigenvalue weighted by molar-refractivity contribution is 6.01. The topological polar surface area (TPSA) is 91.5 Å². The second kappa shape index (κ2) is 6.33. The largest absolute Gasteiger partial charge is 0.465 e. The number of carbonyl (C=O) groups excluding carboxylic acids is 2. The van der Waals surface area contributed by atoms with E-state index in [0.717, 1.165) is 11.4 Å². The molecule has 7 nitrogen and oxygen atoms in total. The molecule has 1 heterocycles. The van der Waals surface area contributed by atoms with E-state index in [0.29, 0.717) is 22.8 Å². The molecule has 0 saturated heterocycles. The normalized spacial score (nSPS) is 11.8. The number of rotatable bonds is 3. The number of anilines is 4. The van der Waals surface area contributed by atoms with Crippen LogP contribution in [-0.4, -0.2) is 19.1 Å². The van der Waals surface area contributed by atoms with E-state index in [4.69, 9.17) is 0 Å². The van der Waals surface area contributed by atoms with Crippen LogP contribution in [0.15, 0.2) is 54.9 Å². The Morgan fingerprint density at radius 3 is 2.46 bits per heavy atom. The minimum Gasteiger partial charge on any atom is -0.465 e. The third-order valence-corrected chi connectivity index (χ3v) is 3.39. The van der Waals surface area contributed by atoms with E-state index in [1.165, 1.54) is 7.11 Å². The maximum absolute atomic E-state index is 12.1. The number of benzene rings is 2. The smallest absolute Gasteiger partial charge is 0.337 e. The van der Waals surface area contributed by atoms with Crippen molar-refractivity contribution in [3.8, 4) is 0 Å². The van der Waals surface area contributed by atoms with E-state index in [9.17, 15) is 9.59 Å². The van der Waals surface area contributed by atoms with E-state index in [1.807, 2.05) is 6.07 Å². The van der Waals surface area contributed by atoms with E-state index in [-0.39, 0.29) is 0 Å². The number of nitrogens with one attached hydrogen (secondary N) is 4. The van der Waals surface area contributed by atoms with Crippen molar-refractivity contribution in [2.75, 3.05) is 28.4 Å². The van der Waals surface area contributed by atoms with Crippen LogP contribution in [0, 0.1) is 0 Å². The van der Waals surface area contributed by atoms with Gasteiger partial charge in [0, 0.05) is 11.4 Å². The molecule has 2 aromatic rings. The highest BCUT2D eigenvalue weighted by Gasteiger charge is 2.13. The predicted octanol–water partition coefficient (Wildman–Crippen LogP) is 3.43. The van der Waals surface area contributed by atoms with E-state index < -0.39 is 12.0 Å². The lowest BCUT2D eigenvalue weighted by molar-refractivity contribution is 0.0600. The molecule has 0 aromatic heterocycles. The summed E-state index contributed by atoms with van der Waals surface area (Å²) in [6, 6.07) is 11.5. The van der Waals surface area contributed by atoms with Crippen molar-refractivity contribution < 1.29 is 14.3 Å². The Bertz CT molecular complexity index is 832. The Hall–Kier alpha value is -3.48. The van der Waals surface area contributed by atoms with E-state index >= 15 is 0 Å². The summed E-state index contributed by atoms with van der Waals surface area (Å²) in [5.41, 5.74) is 3.22. The fourth-order valence-corrected chi connectivity index (χ4v) is 2.33. The molecule has 3 rings (SSSR count). The minimum atomic E-state index is -0.462. The van der Waals surface area contributed by atoms with Crippen LogP contribution in [0.5, 0.6) is 0 Å². The molecule has 122 valence electrons. The molecule has 0 unspecified atom stereocenters. The van der Waals surface area contributed by atoms with Crippen LogP contribution in [0.1, 0.15) is 10.4 Å². The number of methoxy groups -OCH3 is 1. The maximum atomic E-state index is 12.1. The number of amides is 2. The maximum Gasteiger partial charge on any atom is 0.337 e. The standard InChI is InChI=1S/C17H16N4O3/c1-10-18-14-7-6-13(9-15(14)19-10)21-17(23)20-12-5-3-4-11(8-12)16(22)24-2/h3-9,18-19H,1H2,2H3,(H2,20,21,23). The highest BCUT2D eigenvalue weighted by atomic mass is 16.5. The number of esters is 1. The van der Waals surface area contributed by atoms with Crippen molar-refractivity contribution in [3.63, 3.8) is 0 Å². The van der Waals surface area contributed by atoms with Gasteiger partial charge in [-0.05, 0) is 36.4 Å². The summed E-state index contributed by atoms with van der Waals surface area (Å²) in [4.78, 5) is 23.6. The van der Waals surface area contributed by atoms with Crippen molar-refractivity contribution in [1.82, 2.24) is 0 Å². The van der Waals surface area contributed by atoms with Crippen LogP contribution < -0.4 is 21.3 Å². The van der Waals surface area contributed by atoms with Crippen molar-refractivity contribution in [1.29, 1.82) is 0 Å². The number of fused-ring (bicyclic) bond motifs is 1. The van der Waals surface area contributed by atoms with Crippen LogP contribution >= 0.6 is 0 Å². The van der Waals surface area contributed by atoms with Gasteiger partial charge in [0.1, 0.15) is 5.82 Å². The van der Waals surface area contributed by atoms with Crippen molar-refractivity contribution >= 4 is 34.7 Å². The Morgan fingerprint density at radius 2 is 1.71 bits per heavy atom. The summed E-state index contributed by atoms with van der Waals surface area (Å²) in [5, 5.41) is 11.5. The highest BCUT2D eigenvalue weighted by Crippen LogP contribution is 2.32. The first-order chi connectivity index (χ1) is 11.5. The summed E-state index contributed by atoms with van der Waals surface area (Å²) < 4.78 is 4.66. The molecule has 0 fully saturated rings. The Morgan fingerprint density at radius 1 is 1.00 bits per heavy atom. The average molecular weight is 324 g/mol. The second-order valence-corrected chi connectivity index (χ2v) is 5.14. The molecule has 4 N–H and O–H groups in total. The lowest BCUT2D eigenvalue weighted by Crippen LogP contribution is -2.19. The SMILES string of the molecule is C=C1Nc2ccc(NC(=O)Nc3cccc(C(=O)OC)c3)cc2N1. The molecule has 0 bridgehead atoms. The van der Waals surface area contributed by atoms with Gasteiger partial charge < -0.3 is 26.0 Å². The first-order valence-corrected chi connectivity index (χ1v) is 7.18. The van der Waals surface area contributed by atoms with Gasteiger partial charge in [-0.2, -0.15) is 0 Å². The Kier molecular flexibility index (Phi) is 4.07. The zero-order valence-corrected chi connectivity index (χ0v) is 13.0. The summed E-state index contributed by atoms with van der Waals surface area (Å²) in [5.74, 6) is 0.225. The van der Waals surface area contributed by atoms with Gasteiger partial charge in [-0.3, -0.25) is 0 Å². The molecule has 2 amide bonds. The molecule has 0 aliphatic carbocycles. The van der Waals surface area contributed by atoms with Gasteiger partial charge >= 0.3 is 12.0 Å². The van der Waals surface area contributed by atoms with Crippen LogP contribution in [0.25, 0.3) is 0 Å². The van der Waals surface area contributed by atoms with Gasteiger partial charge in [-0.15, -0.1) is 0 Å². The number of urea groups is 1. The molecule has 24 heavy (non-hydrogen) atoms. The van der Waals surface area contributed by atoms with Gasteiger partial charge in [0.05, 0.1) is 24.0 Å². The average Bonchev–Trinajstić information content (AvgIpc) is 2.93. The molecule has 0 radical (unpaired) electrons. The minimum absolute atomic E-state index is 0.363. The molecule has 1 aliphatic heterocycles. The lowest BCUT2D eigenvalue weighted by Gasteiger charge is -2.09. The number of carbonyl (C=O) groups is 2. The molecule has 0 spiro atoms. The molecular weight excluding hydrogens is 308 g/mol. The molecule has 0 atom stereocenters. The first-order valence-electron chi connectivity index (χ1n) is 7.18. The number of hydrogen-bond donors (Lipinski definition) is 4. The zero-order valence-electron chi connectivity index (χ0n) is 13.0. The van der Waals surface area contributed by atoms with Gasteiger partial charge in [-0.1, -0.05) is 12.6 Å². The molecular formula is C17H16N4O3. The summed E-state index contributed by atoms with van der Waals surface area (Å²) in [6.07, 6.45) is 0. The van der Waals surface area contributed by atoms with Gasteiger partial charge in [0.2, 0.25) is 0 Å². The number of hydrogen-bond acceptors (Lipinski definition) is 5. The number of ether oxygens (including phenoxy) is 1. The zero-order chi connectivity index (χ0) is 17.1. The van der Waals surface area contributed by atoms with Crippen LogP contribution in [0.3, 0.4) is 0 Å². The predicted molar refractivity (Wildman–Crippen MR) is 93.3 cm³/mol. The fourth-order valence-electron chi connectivity index (χ4n) is 2.33. The van der Waals surface area contributed by atoms with Gasteiger partial charge in [-0.25, -0.2) is 9.59 Å². The van der Waals surface area contributed by atoms with Crippen molar-refractivity contribution in [2.24, 2.45) is 0 Å². The molecule has 7 heteroatoms. The van der Waals surface area contributed by atoms with Crippen LogP contribution in [0.2, 0.25) is 0 Å². The molecule has 2 aromatic carbocycles. The van der Waals surface area contributed by atoms with E-state index in [1.54, 1.807) is 36.4 Å². The Labute approximate surface area is 138 Å². The quantitative estimate of drug-likeness (QED) is 0.649. The third kappa shape index (κ3) is 3.30. The van der Waals surface area contributed by atoms with Crippen molar-refractivity contribution in [3.05, 3.63) is 60.4 Å². The monoisotopic (exact) mass is 324 g/mol. The van der Waals surface area contributed by atoms with Gasteiger partial charge in [0.15, 0.2) is 0 Å². The summed E-state index contributed by atoms with van der Waals surface area (Å²) in [6.45, 7) is 3.79. The Balaban J connectivity index is 1.67. The van der Waals surface area contributed by atoms with Crippen LogP contribution in [0.4, 0.5) is 27.5 Å². The molecule has 1 aliphatic rings. The lowest BCUT2D eigenvalue weighted by atomic mass is 10.2. The summed E-state index contributed by atoms with van der Waals surface area (Å²) >= 11 is 0. The fraction of sp³-hybridized carbons (Fsp3) is 0.0588. The van der Waals surface area contributed by atoms with Gasteiger partial charge in [0.25, 0.3) is 0 Å². The van der Waals surface area contributed by atoms with Crippen molar-refractivity contribution in [2.45, 2.75) is 0 Å². The van der Waals surface area contributed by atoms with E-state index in [2.05, 4.69) is 32.6 Å². The third-order valence-electron chi connectivity index (χ3n) is 3.39. The second-order valence-electron chi connectivity index (χ2n) is 5.14. The van der Waals surface area contributed by atoms with Crippen LogP contribution in [-0.2, 0) is 4.74 Å². The first kappa shape index (κ1) is 15.4. The molecule has 0 saturated carbocycles. The summed E-state index contributed by atoms with van der Waals surface area (Å²) in [7, 11) is 1.31.